The number of benzene rings is 1. The standard InChI is InChI=1S/C16H16Cl2N2O5/c1-22-11-6-5-10(16(20-11)25-4)19-15(21)12-13(23-2)8(17)7-9(18)14(12)24-3/h5-7H,1-4H3,(H,19,21). The van der Waals surface area contributed by atoms with Gasteiger partial charge >= 0.3 is 0 Å². The highest BCUT2D eigenvalue weighted by Crippen LogP contribution is 2.41. The monoisotopic (exact) mass is 386 g/mol. The number of anilines is 1. The van der Waals surface area contributed by atoms with Crippen LogP contribution in [-0.2, 0) is 0 Å². The van der Waals surface area contributed by atoms with Crippen molar-refractivity contribution in [3.05, 3.63) is 33.8 Å². The Labute approximate surface area is 154 Å². The van der Waals surface area contributed by atoms with Crippen LogP contribution >= 0.6 is 23.2 Å². The van der Waals surface area contributed by atoms with E-state index in [-0.39, 0.29) is 33.0 Å². The molecule has 0 aliphatic carbocycles. The summed E-state index contributed by atoms with van der Waals surface area (Å²) in [7, 11) is 5.68. The van der Waals surface area contributed by atoms with Crippen LogP contribution in [0.3, 0.4) is 0 Å². The first kappa shape index (κ1) is 19.0. The van der Waals surface area contributed by atoms with Crippen molar-refractivity contribution in [1.29, 1.82) is 0 Å². The summed E-state index contributed by atoms with van der Waals surface area (Å²) in [6.07, 6.45) is 0. The molecule has 1 N–H and O–H groups in total. The third kappa shape index (κ3) is 3.83. The number of hydrogen-bond acceptors (Lipinski definition) is 6. The van der Waals surface area contributed by atoms with Gasteiger partial charge in [-0.05, 0) is 12.1 Å². The van der Waals surface area contributed by atoms with Crippen LogP contribution in [0.15, 0.2) is 18.2 Å². The molecule has 134 valence electrons. The van der Waals surface area contributed by atoms with Crippen LogP contribution in [0.5, 0.6) is 23.3 Å². The number of rotatable bonds is 6. The SMILES string of the molecule is COc1ccc(NC(=O)c2c(OC)c(Cl)cc(Cl)c2OC)c(OC)n1. The Balaban J connectivity index is 2.49. The Morgan fingerprint density at radius 3 is 2.04 bits per heavy atom. The average Bonchev–Trinajstić information content (AvgIpc) is 2.61. The number of nitrogens with zero attached hydrogens (tertiary/aromatic N) is 1. The minimum Gasteiger partial charge on any atom is -0.494 e. The lowest BCUT2D eigenvalue weighted by atomic mass is 10.1. The van der Waals surface area contributed by atoms with E-state index in [1.165, 1.54) is 34.5 Å². The van der Waals surface area contributed by atoms with Crippen molar-refractivity contribution in [1.82, 2.24) is 4.98 Å². The van der Waals surface area contributed by atoms with Gasteiger partial charge in [-0.15, -0.1) is 0 Å². The lowest BCUT2D eigenvalue weighted by Gasteiger charge is -2.16. The molecule has 1 amide bonds. The molecule has 0 atom stereocenters. The highest BCUT2D eigenvalue weighted by atomic mass is 35.5. The number of ether oxygens (including phenoxy) is 4. The minimum absolute atomic E-state index is 0.0559. The Bertz CT molecular complexity index is 770. The predicted octanol–water partition coefficient (Wildman–Crippen LogP) is 3.68. The van der Waals surface area contributed by atoms with E-state index >= 15 is 0 Å². The van der Waals surface area contributed by atoms with E-state index in [1.807, 2.05) is 0 Å². The molecule has 1 aromatic heterocycles. The lowest BCUT2D eigenvalue weighted by molar-refractivity contribution is 0.102. The molecule has 2 aromatic rings. The van der Waals surface area contributed by atoms with Gasteiger partial charge in [-0.2, -0.15) is 4.98 Å². The summed E-state index contributed by atoms with van der Waals surface area (Å²) < 4.78 is 20.6. The largest absolute Gasteiger partial charge is 0.494 e. The van der Waals surface area contributed by atoms with Crippen LogP contribution in [-0.4, -0.2) is 39.3 Å². The van der Waals surface area contributed by atoms with Crippen molar-refractivity contribution >= 4 is 34.8 Å². The fourth-order valence-corrected chi connectivity index (χ4v) is 2.78. The molecule has 7 nitrogen and oxygen atoms in total. The zero-order chi connectivity index (χ0) is 18.6. The number of nitrogens with one attached hydrogen (secondary N) is 1. The lowest BCUT2D eigenvalue weighted by Crippen LogP contribution is -2.16. The highest BCUT2D eigenvalue weighted by Gasteiger charge is 2.25. The Hall–Kier alpha value is -2.38. The van der Waals surface area contributed by atoms with Gasteiger partial charge in [-0.3, -0.25) is 4.79 Å². The van der Waals surface area contributed by atoms with Gasteiger partial charge in [0, 0.05) is 6.07 Å². The van der Waals surface area contributed by atoms with Gasteiger partial charge in [0.05, 0.1) is 38.5 Å². The first-order valence-electron chi connectivity index (χ1n) is 6.97. The van der Waals surface area contributed by atoms with Gasteiger partial charge in [0.1, 0.15) is 11.3 Å². The number of carbonyl (C=O) groups excluding carboxylic acids is 1. The second-order valence-electron chi connectivity index (χ2n) is 4.65. The van der Waals surface area contributed by atoms with Crippen LogP contribution in [0.1, 0.15) is 10.4 Å². The van der Waals surface area contributed by atoms with E-state index < -0.39 is 5.91 Å². The van der Waals surface area contributed by atoms with Crippen molar-refractivity contribution in [2.24, 2.45) is 0 Å². The molecule has 0 radical (unpaired) electrons. The molecule has 9 heteroatoms. The fraction of sp³-hybridized carbons (Fsp3) is 0.250. The predicted molar refractivity (Wildman–Crippen MR) is 94.9 cm³/mol. The zero-order valence-electron chi connectivity index (χ0n) is 14.0. The molecule has 0 fully saturated rings. The fourth-order valence-electron chi connectivity index (χ4n) is 2.16. The number of pyridine rings is 1. The van der Waals surface area contributed by atoms with Gasteiger partial charge in [0.25, 0.3) is 5.91 Å². The van der Waals surface area contributed by atoms with Crippen molar-refractivity contribution in [2.75, 3.05) is 33.8 Å². The molecule has 25 heavy (non-hydrogen) atoms. The normalized spacial score (nSPS) is 10.2. The summed E-state index contributed by atoms with van der Waals surface area (Å²) in [6, 6.07) is 4.61. The van der Waals surface area contributed by atoms with Crippen molar-refractivity contribution < 1.29 is 23.7 Å². The van der Waals surface area contributed by atoms with Crippen LogP contribution in [0.4, 0.5) is 5.69 Å². The first-order valence-corrected chi connectivity index (χ1v) is 7.72. The quantitative estimate of drug-likeness (QED) is 0.815. The maximum Gasteiger partial charge on any atom is 0.263 e. The van der Waals surface area contributed by atoms with E-state index in [4.69, 9.17) is 42.1 Å². The first-order chi connectivity index (χ1) is 12.0. The average molecular weight is 387 g/mol. The van der Waals surface area contributed by atoms with E-state index in [0.717, 1.165) is 0 Å². The maximum atomic E-state index is 12.8. The Morgan fingerprint density at radius 2 is 1.56 bits per heavy atom. The van der Waals surface area contributed by atoms with Gasteiger partial charge < -0.3 is 24.3 Å². The summed E-state index contributed by atoms with van der Waals surface area (Å²) >= 11 is 12.2. The molecule has 1 heterocycles. The number of amides is 1. The Morgan fingerprint density at radius 1 is 0.960 bits per heavy atom. The highest BCUT2D eigenvalue weighted by molar-refractivity contribution is 6.37. The molecule has 0 unspecified atom stereocenters. The summed E-state index contributed by atoms with van der Waals surface area (Å²) in [6.45, 7) is 0. The maximum absolute atomic E-state index is 12.8. The smallest absolute Gasteiger partial charge is 0.263 e. The number of hydrogen-bond donors (Lipinski definition) is 1. The van der Waals surface area contributed by atoms with Crippen LogP contribution in [0.2, 0.25) is 10.0 Å². The third-order valence-electron chi connectivity index (χ3n) is 3.26. The van der Waals surface area contributed by atoms with E-state index in [1.54, 1.807) is 12.1 Å². The summed E-state index contributed by atoms with van der Waals surface area (Å²) in [5.41, 5.74) is 0.383. The van der Waals surface area contributed by atoms with Gasteiger partial charge in [-0.1, -0.05) is 23.2 Å². The summed E-state index contributed by atoms with van der Waals surface area (Å²) in [4.78, 5) is 16.9. The Kier molecular flexibility index (Phi) is 6.17. The molecule has 0 spiro atoms. The molecule has 0 aliphatic heterocycles. The van der Waals surface area contributed by atoms with Gasteiger partial charge in [0.2, 0.25) is 11.8 Å². The molecule has 1 aromatic carbocycles. The summed E-state index contributed by atoms with van der Waals surface area (Å²) in [5.74, 6) is 0.250. The molecule has 0 aliphatic rings. The van der Waals surface area contributed by atoms with Crippen molar-refractivity contribution in [3.63, 3.8) is 0 Å². The number of methoxy groups -OCH3 is 4. The van der Waals surface area contributed by atoms with Crippen LogP contribution in [0.25, 0.3) is 0 Å². The van der Waals surface area contributed by atoms with E-state index in [0.29, 0.717) is 11.6 Å². The van der Waals surface area contributed by atoms with Crippen LogP contribution in [0, 0.1) is 0 Å². The second kappa shape index (κ2) is 8.13. The minimum atomic E-state index is -0.552. The number of aromatic nitrogens is 1. The second-order valence-corrected chi connectivity index (χ2v) is 5.46. The van der Waals surface area contributed by atoms with Crippen molar-refractivity contribution in [3.8, 4) is 23.3 Å². The molecule has 2 rings (SSSR count). The molecule has 0 bridgehead atoms. The van der Waals surface area contributed by atoms with E-state index in [9.17, 15) is 4.79 Å². The zero-order valence-corrected chi connectivity index (χ0v) is 15.5. The molecule has 0 saturated carbocycles. The van der Waals surface area contributed by atoms with Gasteiger partial charge in [0.15, 0.2) is 11.5 Å². The number of halogens is 2. The van der Waals surface area contributed by atoms with Gasteiger partial charge in [-0.25, -0.2) is 0 Å². The van der Waals surface area contributed by atoms with E-state index in [2.05, 4.69) is 10.3 Å². The summed E-state index contributed by atoms with van der Waals surface area (Å²) in [5, 5.41) is 3.03. The van der Waals surface area contributed by atoms with Crippen LogP contribution < -0.4 is 24.3 Å². The molecular formula is C16H16Cl2N2O5. The topological polar surface area (TPSA) is 78.9 Å². The molecule has 0 saturated heterocycles. The number of carbonyl (C=O) groups is 1. The van der Waals surface area contributed by atoms with Crippen molar-refractivity contribution in [2.45, 2.75) is 0 Å². The molecular weight excluding hydrogens is 371 g/mol. The third-order valence-corrected chi connectivity index (χ3v) is 3.82.